The highest BCUT2D eigenvalue weighted by atomic mass is 19.1. The van der Waals surface area contributed by atoms with E-state index in [9.17, 15) is 19.3 Å². The molecule has 2 rings (SSSR count). The number of hydrogen-bond donors (Lipinski definition) is 2. The Hall–Kier alpha value is -2.96. The minimum atomic E-state index is -0.542. The number of rotatable bonds is 4. The molecular formula is C14H12FN3O3. The smallest absolute Gasteiger partial charge is 0.292 e. The number of benzene rings is 2. The first kappa shape index (κ1) is 14.4. The summed E-state index contributed by atoms with van der Waals surface area (Å²) >= 11 is 0. The first-order valence-electron chi connectivity index (χ1n) is 6.04. The molecule has 0 saturated carbocycles. The lowest BCUT2D eigenvalue weighted by Gasteiger charge is -2.07. The summed E-state index contributed by atoms with van der Waals surface area (Å²) in [5.41, 5.74) is 0.644. The van der Waals surface area contributed by atoms with E-state index in [0.717, 1.165) is 0 Å². The van der Waals surface area contributed by atoms with Crippen LogP contribution in [-0.4, -0.2) is 17.9 Å². The van der Waals surface area contributed by atoms with E-state index < -0.39 is 16.6 Å². The van der Waals surface area contributed by atoms with E-state index in [-0.39, 0.29) is 16.9 Å². The maximum Gasteiger partial charge on any atom is 0.292 e. The molecule has 0 radical (unpaired) electrons. The Bertz CT molecular complexity index is 704. The van der Waals surface area contributed by atoms with Gasteiger partial charge in [-0.3, -0.25) is 14.9 Å². The number of halogens is 1. The minimum absolute atomic E-state index is 0.125. The van der Waals surface area contributed by atoms with Gasteiger partial charge in [-0.25, -0.2) is 4.39 Å². The van der Waals surface area contributed by atoms with Crippen molar-refractivity contribution in [2.24, 2.45) is 0 Å². The van der Waals surface area contributed by atoms with E-state index in [1.807, 2.05) is 0 Å². The Morgan fingerprint density at radius 1 is 1.24 bits per heavy atom. The predicted octanol–water partition coefficient (Wildman–Crippen LogP) is 3.03. The van der Waals surface area contributed by atoms with Crippen molar-refractivity contribution in [3.8, 4) is 0 Å². The third-order valence-corrected chi connectivity index (χ3v) is 2.81. The molecule has 108 valence electrons. The van der Waals surface area contributed by atoms with Crippen molar-refractivity contribution in [1.29, 1.82) is 0 Å². The minimum Gasteiger partial charge on any atom is -0.383 e. The number of carbonyl (C=O) groups excluding carboxylic acids is 1. The van der Waals surface area contributed by atoms with E-state index in [1.54, 1.807) is 6.07 Å². The molecule has 6 nitrogen and oxygen atoms in total. The normalized spacial score (nSPS) is 10.0. The van der Waals surface area contributed by atoms with Crippen LogP contribution in [0.15, 0.2) is 42.5 Å². The number of nitrogens with one attached hydrogen (secondary N) is 2. The largest absolute Gasteiger partial charge is 0.383 e. The highest BCUT2D eigenvalue weighted by Crippen LogP contribution is 2.25. The molecule has 2 N–H and O–H groups in total. The predicted molar refractivity (Wildman–Crippen MR) is 77.0 cm³/mol. The van der Waals surface area contributed by atoms with Gasteiger partial charge in [0.15, 0.2) is 0 Å². The van der Waals surface area contributed by atoms with E-state index in [0.29, 0.717) is 5.69 Å². The second kappa shape index (κ2) is 6.00. The number of nitro groups is 1. The van der Waals surface area contributed by atoms with E-state index in [4.69, 9.17) is 0 Å². The summed E-state index contributed by atoms with van der Waals surface area (Å²) in [6.07, 6.45) is 0. The molecule has 0 unspecified atom stereocenters. The number of carbonyl (C=O) groups is 1. The molecule has 0 atom stereocenters. The highest BCUT2D eigenvalue weighted by Gasteiger charge is 2.16. The fraction of sp³-hybridized carbons (Fsp3) is 0.0714. The number of nitro benzene ring substituents is 1. The monoisotopic (exact) mass is 289 g/mol. The van der Waals surface area contributed by atoms with Gasteiger partial charge in [0.05, 0.1) is 4.92 Å². The Kier molecular flexibility index (Phi) is 4.13. The summed E-state index contributed by atoms with van der Waals surface area (Å²) in [6, 6.07) is 9.42. The standard InChI is InChI=1S/C14H12FN3O3/c1-16-12-7-9(5-6-13(12)18(20)21)14(19)17-11-4-2-3-10(15)8-11/h2-8,16H,1H3,(H,17,19). The quantitative estimate of drug-likeness (QED) is 0.669. The average Bonchev–Trinajstić information content (AvgIpc) is 2.46. The van der Waals surface area contributed by atoms with Crippen molar-refractivity contribution >= 4 is 23.0 Å². The average molecular weight is 289 g/mol. The van der Waals surface area contributed by atoms with Gasteiger partial charge in [-0.1, -0.05) is 6.07 Å². The molecule has 1 amide bonds. The molecular weight excluding hydrogens is 277 g/mol. The summed E-state index contributed by atoms with van der Waals surface area (Å²) in [7, 11) is 1.52. The molecule has 2 aromatic rings. The topological polar surface area (TPSA) is 84.3 Å². The zero-order chi connectivity index (χ0) is 15.4. The first-order valence-corrected chi connectivity index (χ1v) is 6.04. The third kappa shape index (κ3) is 3.33. The van der Waals surface area contributed by atoms with Crippen LogP contribution in [0.4, 0.5) is 21.5 Å². The summed E-state index contributed by atoms with van der Waals surface area (Å²) in [6.45, 7) is 0. The number of anilines is 2. The van der Waals surface area contributed by atoms with Gasteiger partial charge in [0.2, 0.25) is 0 Å². The van der Waals surface area contributed by atoms with E-state index >= 15 is 0 Å². The second-order valence-corrected chi connectivity index (χ2v) is 4.20. The zero-order valence-corrected chi connectivity index (χ0v) is 11.1. The van der Waals surface area contributed by atoms with Gasteiger partial charge in [0.25, 0.3) is 11.6 Å². The molecule has 0 spiro atoms. The molecule has 2 aromatic carbocycles. The Morgan fingerprint density at radius 2 is 2.00 bits per heavy atom. The molecule has 0 saturated heterocycles. The van der Waals surface area contributed by atoms with Crippen LogP contribution in [0.25, 0.3) is 0 Å². The van der Waals surface area contributed by atoms with Gasteiger partial charge in [0.1, 0.15) is 11.5 Å². The molecule has 7 heteroatoms. The summed E-state index contributed by atoms with van der Waals surface area (Å²) in [4.78, 5) is 22.3. The maximum atomic E-state index is 13.0. The van der Waals surface area contributed by atoms with Gasteiger partial charge in [-0.05, 0) is 30.3 Å². The molecule has 0 bridgehead atoms. The Morgan fingerprint density at radius 3 is 2.62 bits per heavy atom. The molecule has 0 aliphatic rings. The van der Waals surface area contributed by atoms with Crippen molar-refractivity contribution in [2.45, 2.75) is 0 Å². The van der Waals surface area contributed by atoms with Crippen molar-refractivity contribution in [3.63, 3.8) is 0 Å². The van der Waals surface area contributed by atoms with Crippen molar-refractivity contribution < 1.29 is 14.1 Å². The van der Waals surface area contributed by atoms with Crippen LogP contribution in [0.5, 0.6) is 0 Å². The maximum absolute atomic E-state index is 13.0. The van der Waals surface area contributed by atoms with Crippen molar-refractivity contribution in [3.05, 3.63) is 64.0 Å². The lowest BCUT2D eigenvalue weighted by atomic mass is 10.1. The summed E-state index contributed by atoms with van der Waals surface area (Å²) < 4.78 is 13.0. The molecule has 21 heavy (non-hydrogen) atoms. The second-order valence-electron chi connectivity index (χ2n) is 4.20. The highest BCUT2D eigenvalue weighted by molar-refractivity contribution is 6.05. The van der Waals surface area contributed by atoms with Gasteiger partial charge in [-0.2, -0.15) is 0 Å². The Balaban J connectivity index is 2.25. The Labute approximate surface area is 119 Å². The SMILES string of the molecule is CNc1cc(C(=O)Nc2cccc(F)c2)ccc1[N+](=O)[O-]. The summed E-state index contributed by atoms with van der Waals surface area (Å²) in [5, 5.41) is 16.0. The molecule has 0 aromatic heterocycles. The van der Waals surface area contributed by atoms with Crippen LogP contribution in [0.1, 0.15) is 10.4 Å². The van der Waals surface area contributed by atoms with Crippen LogP contribution in [-0.2, 0) is 0 Å². The molecule has 0 fully saturated rings. The van der Waals surface area contributed by atoms with Gasteiger partial charge >= 0.3 is 0 Å². The lowest BCUT2D eigenvalue weighted by Crippen LogP contribution is -2.12. The van der Waals surface area contributed by atoms with Crippen molar-refractivity contribution in [2.75, 3.05) is 17.7 Å². The first-order chi connectivity index (χ1) is 10.0. The fourth-order valence-electron chi connectivity index (χ4n) is 1.81. The van der Waals surface area contributed by atoms with E-state index in [1.165, 1.54) is 43.4 Å². The van der Waals surface area contributed by atoms with Crippen molar-refractivity contribution in [1.82, 2.24) is 0 Å². The van der Waals surface area contributed by atoms with Gasteiger partial charge < -0.3 is 10.6 Å². The zero-order valence-electron chi connectivity index (χ0n) is 11.1. The van der Waals surface area contributed by atoms with Crippen LogP contribution in [0, 0.1) is 15.9 Å². The lowest BCUT2D eigenvalue weighted by molar-refractivity contribution is -0.383. The van der Waals surface area contributed by atoms with E-state index in [2.05, 4.69) is 10.6 Å². The molecule has 0 aliphatic heterocycles. The number of nitrogens with zero attached hydrogens (tertiary/aromatic N) is 1. The van der Waals surface area contributed by atoms with Crippen LogP contribution >= 0.6 is 0 Å². The number of amides is 1. The fourth-order valence-corrected chi connectivity index (χ4v) is 1.81. The van der Waals surface area contributed by atoms with Crippen LogP contribution < -0.4 is 10.6 Å². The summed E-state index contributed by atoms with van der Waals surface area (Å²) in [5.74, 6) is -0.945. The van der Waals surface area contributed by atoms with Gasteiger partial charge in [-0.15, -0.1) is 0 Å². The number of hydrogen-bond acceptors (Lipinski definition) is 4. The molecule has 0 aliphatic carbocycles. The molecule has 0 heterocycles. The van der Waals surface area contributed by atoms with Gasteiger partial charge in [0, 0.05) is 24.4 Å². The van der Waals surface area contributed by atoms with Crippen LogP contribution in [0.2, 0.25) is 0 Å². The van der Waals surface area contributed by atoms with Crippen LogP contribution in [0.3, 0.4) is 0 Å². The third-order valence-electron chi connectivity index (χ3n) is 2.81.